The molecule has 0 saturated heterocycles. The SMILES string of the molecule is CNCc1cncn1C(c1ccccc1)c1ccccc1. The van der Waals surface area contributed by atoms with Crippen LogP contribution in [-0.2, 0) is 6.54 Å². The molecule has 1 heterocycles. The van der Waals surface area contributed by atoms with Gasteiger partial charge in [0.05, 0.1) is 18.1 Å². The molecule has 0 saturated carbocycles. The Morgan fingerprint density at radius 1 is 0.952 bits per heavy atom. The minimum Gasteiger partial charge on any atom is -0.322 e. The molecule has 0 bridgehead atoms. The average Bonchev–Trinajstić information content (AvgIpc) is 2.98. The molecule has 0 amide bonds. The number of imidazole rings is 1. The van der Waals surface area contributed by atoms with Crippen molar-refractivity contribution in [2.45, 2.75) is 12.6 Å². The summed E-state index contributed by atoms with van der Waals surface area (Å²) in [6.45, 7) is 0.802. The number of aromatic nitrogens is 2. The van der Waals surface area contributed by atoms with E-state index in [1.54, 1.807) is 0 Å². The van der Waals surface area contributed by atoms with Crippen molar-refractivity contribution in [1.82, 2.24) is 14.9 Å². The van der Waals surface area contributed by atoms with Crippen LogP contribution >= 0.6 is 0 Å². The molecule has 1 aromatic heterocycles. The predicted octanol–water partition coefficient (Wildman–Crippen LogP) is 3.24. The third-order valence-corrected chi connectivity index (χ3v) is 3.61. The van der Waals surface area contributed by atoms with E-state index in [4.69, 9.17) is 0 Å². The molecule has 106 valence electrons. The van der Waals surface area contributed by atoms with Crippen LogP contribution in [0.25, 0.3) is 0 Å². The number of hydrogen-bond donors (Lipinski definition) is 1. The molecular weight excluding hydrogens is 258 g/mol. The number of benzene rings is 2. The first-order valence-electron chi connectivity index (χ1n) is 7.15. The van der Waals surface area contributed by atoms with E-state index in [0.717, 1.165) is 6.54 Å². The Morgan fingerprint density at radius 2 is 1.52 bits per heavy atom. The molecule has 3 heteroatoms. The second-order valence-corrected chi connectivity index (χ2v) is 5.05. The van der Waals surface area contributed by atoms with Gasteiger partial charge in [0.2, 0.25) is 0 Å². The Kier molecular flexibility index (Phi) is 4.12. The molecule has 0 aliphatic carbocycles. The summed E-state index contributed by atoms with van der Waals surface area (Å²) in [5.41, 5.74) is 3.70. The van der Waals surface area contributed by atoms with Crippen LogP contribution in [0, 0.1) is 0 Å². The lowest BCUT2D eigenvalue weighted by atomic mass is 9.98. The minimum atomic E-state index is 0.151. The van der Waals surface area contributed by atoms with Gasteiger partial charge in [-0.3, -0.25) is 0 Å². The molecule has 3 nitrogen and oxygen atoms in total. The van der Waals surface area contributed by atoms with Gasteiger partial charge in [0.15, 0.2) is 0 Å². The lowest BCUT2D eigenvalue weighted by molar-refractivity contribution is 0.622. The second kappa shape index (κ2) is 6.37. The van der Waals surface area contributed by atoms with Gasteiger partial charge in [0.1, 0.15) is 0 Å². The van der Waals surface area contributed by atoms with Gasteiger partial charge >= 0.3 is 0 Å². The van der Waals surface area contributed by atoms with Gasteiger partial charge in [-0.2, -0.15) is 0 Å². The molecule has 0 fully saturated rings. The third-order valence-electron chi connectivity index (χ3n) is 3.61. The maximum Gasteiger partial charge on any atom is 0.0957 e. The van der Waals surface area contributed by atoms with Crippen molar-refractivity contribution in [3.8, 4) is 0 Å². The van der Waals surface area contributed by atoms with Crippen LogP contribution in [0.4, 0.5) is 0 Å². The predicted molar refractivity (Wildman–Crippen MR) is 85.1 cm³/mol. The van der Waals surface area contributed by atoms with Gasteiger partial charge in [0, 0.05) is 12.7 Å². The maximum atomic E-state index is 4.34. The van der Waals surface area contributed by atoms with Gasteiger partial charge in [-0.25, -0.2) is 4.98 Å². The van der Waals surface area contributed by atoms with Crippen LogP contribution < -0.4 is 5.32 Å². The van der Waals surface area contributed by atoms with Gasteiger partial charge in [-0.15, -0.1) is 0 Å². The fraction of sp³-hybridized carbons (Fsp3) is 0.167. The molecule has 0 radical (unpaired) electrons. The van der Waals surface area contributed by atoms with Crippen LogP contribution in [0.3, 0.4) is 0 Å². The largest absolute Gasteiger partial charge is 0.322 e. The quantitative estimate of drug-likeness (QED) is 0.776. The molecule has 21 heavy (non-hydrogen) atoms. The van der Waals surface area contributed by atoms with E-state index < -0.39 is 0 Å². The highest BCUT2D eigenvalue weighted by Crippen LogP contribution is 2.27. The number of nitrogens with zero attached hydrogens (tertiary/aromatic N) is 2. The summed E-state index contributed by atoms with van der Waals surface area (Å²) >= 11 is 0. The zero-order valence-corrected chi connectivity index (χ0v) is 12.1. The van der Waals surface area contributed by atoms with E-state index in [1.807, 2.05) is 31.7 Å². The highest BCUT2D eigenvalue weighted by atomic mass is 15.1. The second-order valence-electron chi connectivity index (χ2n) is 5.05. The summed E-state index contributed by atoms with van der Waals surface area (Å²) < 4.78 is 2.24. The lowest BCUT2D eigenvalue weighted by Gasteiger charge is -2.22. The minimum absolute atomic E-state index is 0.151. The van der Waals surface area contributed by atoms with Crippen LogP contribution in [0.1, 0.15) is 22.9 Å². The summed E-state index contributed by atoms with van der Waals surface area (Å²) in [4.78, 5) is 4.34. The summed E-state index contributed by atoms with van der Waals surface area (Å²) in [6, 6.07) is 21.3. The summed E-state index contributed by atoms with van der Waals surface area (Å²) in [7, 11) is 1.96. The van der Waals surface area contributed by atoms with E-state index in [2.05, 4.69) is 63.4 Å². The van der Waals surface area contributed by atoms with E-state index in [9.17, 15) is 0 Å². The van der Waals surface area contributed by atoms with Crippen molar-refractivity contribution in [1.29, 1.82) is 0 Å². The average molecular weight is 277 g/mol. The summed E-state index contributed by atoms with van der Waals surface area (Å²) in [6.07, 6.45) is 3.84. The lowest BCUT2D eigenvalue weighted by Crippen LogP contribution is -2.17. The van der Waals surface area contributed by atoms with Crippen LogP contribution in [0.5, 0.6) is 0 Å². The number of hydrogen-bond acceptors (Lipinski definition) is 2. The Balaban J connectivity index is 2.11. The van der Waals surface area contributed by atoms with Crippen molar-refractivity contribution in [3.63, 3.8) is 0 Å². The first-order chi connectivity index (χ1) is 10.4. The molecule has 0 unspecified atom stereocenters. The smallest absolute Gasteiger partial charge is 0.0957 e. The van der Waals surface area contributed by atoms with Crippen molar-refractivity contribution < 1.29 is 0 Å². The van der Waals surface area contributed by atoms with Crippen molar-refractivity contribution in [2.24, 2.45) is 0 Å². The number of nitrogens with one attached hydrogen (secondary N) is 1. The van der Waals surface area contributed by atoms with E-state index in [-0.39, 0.29) is 6.04 Å². The van der Waals surface area contributed by atoms with Gasteiger partial charge in [0.25, 0.3) is 0 Å². The summed E-state index contributed by atoms with van der Waals surface area (Å²) in [5.74, 6) is 0. The highest BCUT2D eigenvalue weighted by molar-refractivity contribution is 5.33. The monoisotopic (exact) mass is 277 g/mol. The zero-order chi connectivity index (χ0) is 14.5. The molecule has 0 aliphatic rings. The van der Waals surface area contributed by atoms with Crippen molar-refractivity contribution in [3.05, 3.63) is 90.0 Å². The molecule has 0 spiro atoms. The molecule has 2 aromatic carbocycles. The van der Waals surface area contributed by atoms with E-state index in [0.29, 0.717) is 0 Å². The van der Waals surface area contributed by atoms with Crippen LogP contribution in [0.2, 0.25) is 0 Å². The Morgan fingerprint density at radius 3 is 2.05 bits per heavy atom. The molecule has 3 aromatic rings. The zero-order valence-electron chi connectivity index (χ0n) is 12.1. The molecule has 1 N–H and O–H groups in total. The van der Waals surface area contributed by atoms with Gasteiger partial charge in [-0.1, -0.05) is 60.7 Å². The normalized spacial score (nSPS) is 11.0. The van der Waals surface area contributed by atoms with Gasteiger partial charge in [-0.05, 0) is 18.2 Å². The van der Waals surface area contributed by atoms with Crippen LogP contribution in [-0.4, -0.2) is 16.6 Å². The molecule has 0 atom stereocenters. The van der Waals surface area contributed by atoms with Gasteiger partial charge < -0.3 is 9.88 Å². The topological polar surface area (TPSA) is 29.9 Å². The third kappa shape index (κ3) is 2.88. The Bertz CT molecular complexity index is 634. The Labute approximate surface area is 125 Å². The fourth-order valence-electron chi connectivity index (χ4n) is 2.67. The molecule has 0 aliphatic heterocycles. The first-order valence-corrected chi connectivity index (χ1v) is 7.15. The maximum absolute atomic E-state index is 4.34. The van der Waals surface area contributed by atoms with Crippen molar-refractivity contribution in [2.75, 3.05) is 7.05 Å². The van der Waals surface area contributed by atoms with Crippen molar-refractivity contribution >= 4 is 0 Å². The first kappa shape index (κ1) is 13.6. The highest BCUT2D eigenvalue weighted by Gasteiger charge is 2.18. The standard InChI is InChI=1S/C18H19N3/c1-19-12-17-13-20-14-21(17)18(15-8-4-2-5-9-15)16-10-6-3-7-11-16/h2-11,13-14,18-19H,12H2,1H3. The summed E-state index contributed by atoms with van der Waals surface area (Å²) in [5, 5.41) is 3.21. The fourth-order valence-corrected chi connectivity index (χ4v) is 2.67. The number of rotatable bonds is 5. The molecular formula is C18H19N3. The molecule has 3 rings (SSSR count). The van der Waals surface area contributed by atoms with E-state index >= 15 is 0 Å². The van der Waals surface area contributed by atoms with E-state index in [1.165, 1.54) is 16.8 Å². The van der Waals surface area contributed by atoms with Crippen LogP contribution in [0.15, 0.2) is 73.2 Å². The Hall–Kier alpha value is -2.39.